The molecule has 1 atom stereocenters. The highest BCUT2D eigenvalue weighted by Crippen LogP contribution is 2.24. The fourth-order valence-corrected chi connectivity index (χ4v) is 2.96. The Morgan fingerprint density at radius 2 is 2.35 bits per heavy atom. The Morgan fingerprint density at radius 1 is 1.53 bits per heavy atom. The minimum Gasteiger partial charge on any atom is -0.356 e. The summed E-state index contributed by atoms with van der Waals surface area (Å²) in [6.45, 7) is 2.20. The summed E-state index contributed by atoms with van der Waals surface area (Å²) in [6.07, 6.45) is 4.38. The molecule has 2 heterocycles. The maximum Gasteiger partial charge on any atom is 0.146 e. The van der Waals surface area contributed by atoms with Gasteiger partial charge < -0.3 is 4.90 Å². The normalized spacial score (nSPS) is 12.4. The molecule has 0 aliphatic carbocycles. The van der Waals surface area contributed by atoms with Crippen LogP contribution in [-0.4, -0.2) is 23.1 Å². The first-order valence-corrected chi connectivity index (χ1v) is 7.06. The number of hydrogen-bond acceptors (Lipinski definition) is 4. The Balaban J connectivity index is 2.09. The minimum absolute atomic E-state index is 0.403. The Labute approximate surface area is 114 Å². The van der Waals surface area contributed by atoms with E-state index in [0.717, 1.165) is 16.7 Å². The van der Waals surface area contributed by atoms with E-state index >= 15 is 0 Å². The van der Waals surface area contributed by atoms with Crippen LogP contribution in [-0.2, 0) is 6.42 Å². The van der Waals surface area contributed by atoms with Gasteiger partial charge in [-0.05, 0) is 34.3 Å². The second-order valence-corrected chi connectivity index (χ2v) is 5.82. The van der Waals surface area contributed by atoms with E-state index in [4.69, 9.17) is 0 Å². The summed E-state index contributed by atoms with van der Waals surface area (Å²) in [7, 11) is 2.06. The summed E-state index contributed by atoms with van der Waals surface area (Å²) in [4.78, 5) is 11.8. The number of hydrogen-bond donors (Lipinski definition) is 0. The highest BCUT2D eigenvalue weighted by Gasteiger charge is 2.14. The molecular weight excluding hydrogens is 298 g/mol. The first-order valence-electron chi connectivity index (χ1n) is 5.39. The zero-order valence-corrected chi connectivity index (χ0v) is 12.2. The predicted octanol–water partition coefficient (Wildman–Crippen LogP) is 3.37. The molecule has 3 nitrogen and oxygen atoms in total. The van der Waals surface area contributed by atoms with Crippen LogP contribution in [0.15, 0.2) is 34.5 Å². The Bertz CT molecular complexity index is 472. The van der Waals surface area contributed by atoms with E-state index in [2.05, 4.69) is 62.3 Å². The number of anilines is 1. The Morgan fingerprint density at radius 3 is 3.00 bits per heavy atom. The van der Waals surface area contributed by atoms with Crippen molar-refractivity contribution in [2.75, 3.05) is 11.9 Å². The fraction of sp³-hybridized carbons (Fsp3) is 0.333. The van der Waals surface area contributed by atoms with Gasteiger partial charge in [-0.15, -0.1) is 11.3 Å². The van der Waals surface area contributed by atoms with Gasteiger partial charge in [0.2, 0.25) is 0 Å². The second kappa shape index (κ2) is 5.60. The van der Waals surface area contributed by atoms with Crippen molar-refractivity contribution in [2.45, 2.75) is 19.4 Å². The van der Waals surface area contributed by atoms with Crippen molar-refractivity contribution in [1.82, 2.24) is 9.97 Å². The van der Waals surface area contributed by atoms with Gasteiger partial charge in [0, 0.05) is 30.6 Å². The van der Waals surface area contributed by atoms with Gasteiger partial charge in [0.15, 0.2) is 0 Å². The minimum atomic E-state index is 0.403. The van der Waals surface area contributed by atoms with Crippen molar-refractivity contribution in [3.8, 4) is 0 Å². The van der Waals surface area contributed by atoms with Crippen molar-refractivity contribution < 1.29 is 0 Å². The van der Waals surface area contributed by atoms with E-state index < -0.39 is 0 Å². The van der Waals surface area contributed by atoms with E-state index in [1.807, 2.05) is 0 Å². The van der Waals surface area contributed by atoms with Crippen LogP contribution in [0.3, 0.4) is 0 Å². The molecule has 0 radical (unpaired) electrons. The molecule has 0 saturated heterocycles. The predicted molar refractivity (Wildman–Crippen MR) is 75.6 cm³/mol. The topological polar surface area (TPSA) is 29.0 Å². The third kappa shape index (κ3) is 3.04. The van der Waals surface area contributed by atoms with Crippen molar-refractivity contribution in [1.29, 1.82) is 0 Å². The summed E-state index contributed by atoms with van der Waals surface area (Å²) in [5.74, 6) is 0.934. The lowest BCUT2D eigenvalue weighted by molar-refractivity contribution is 0.678. The SMILES string of the molecule is CC(Cc1cccs1)N(C)c1ncncc1Br. The average molecular weight is 312 g/mol. The van der Waals surface area contributed by atoms with Gasteiger partial charge in [0.25, 0.3) is 0 Å². The third-order valence-corrected chi connectivity index (χ3v) is 4.18. The zero-order chi connectivity index (χ0) is 12.3. The van der Waals surface area contributed by atoms with Gasteiger partial charge in [-0.3, -0.25) is 0 Å². The molecule has 0 saturated carbocycles. The summed E-state index contributed by atoms with van der Waals surface area (Å²) >= 11 is 5.28. The van der Waals surface area contributed by atoms with Crippen LogP contribution < -0.4 is 4.90 Å². The van der Waals surface area contributed by atoms with Crippen LogP contribution in [0.5, 0.6) is 0 Å². The molecular formula is C12H14BrN3S. The number of thiophene rings is 1. The lowest BCUT2D eigenvalue weighted by atomic mass is 10.2. The molecule has 0 aromatic carbocycles. The second-order valence-electron chi connectivity index (χ2n) is 3.94. The summed E-state index contributed by atoms with van der Waals surface area (Å²) in [5.41, 5.74) is 0. The first-order chi connectivity index (χ1) is 8.18. The standard InChI is InChI=1S/C12H14BrN3S/c1-9(6-10-4-3-5-17-10)16(2)12-11(13)7-14-8-15-12/h3-5,7-9H,6H2,1-2H3. The maximum atomic E-state index is 4.30. The van der Waals surface area contributed by atoms with Gasteiger partial charge in [0.1, 0.15) is 12.1 Å². The zero-order valence-electron chi connectivity index (χ0n) is 9.80. The maximum absolute atomic E-state index is 4.30. The number of halogens is 1. The van der Waals surface area contributed by atoms with Crippen molar-refractivity contribution in [2.24, 2.45) is 0 Å². The van der Waals surface area contributed by atoms with Crippen LogP contribution in [0.2, 0.25) is 0 Å². The molecule has 0 spiro atoms. The molecule has 0 fully saturated rings. The van der Waals surface area contributed by atoms with E-state index in [1.54, 1.807) is 23.9 Å². The molecule has 2 rings (SSSR count). The van der Waals surface area contributed by atoms with Crippen molar-refractivity contribution >= 4 is 33.1 Å². The van der Waals surface area contributed by atoms with E-state index in [-0.39, 0.29) is 0 Å². The first kappa shape index (κ1) is 12.5. The average Bonchev–Trinajstić information content (AvgIpc) is 2.81. The van der Waals surface area contributed by atoms with Crippen molar-refractivity contribution in [3.63, 3.8) is 0 Å². The fourth-order valence-electron chi connectivity index (χ4n) is 1.63. The van der Waals surface area contributed by atoms with Crippen molar-refractivity contribution in [3.05, 3.63) is 39.4 Å². The van der Waals surface area contributed by atoms with Crippen LogP contribution in [0, 0.1) is 0 Å². The number of likely N-dealkylation sites (N-methyl/N-ethyl adjacent to an activating group) is 1. The summed E-state index contributed by atoms with van der Waals surface area (Å²) in [5, 5.41) is 2.11. The van der Waals surface area contributed by atoms with Crippen LogP contribution in [0.1, 0.15) is 11.8 Å². The van der Waals surface area contributed by atoms with Gasteiger partial charge >= 0.3 is 0 Å². The van der Waals surface area contributed by atoms with Crippen LogP contribution in [0.4, 0.5) is 5.82 Å². The molecule has 0 aliphatic heterocycles. The summed E-state index contributed by atoms with van der Waals surface area (Å²) < 4.78 is 0.931. The third-order valence-electron chi connectivity index (χ3n) is 2.72. The summed E-state index contributed by atoms with van der Waals surface area (Å²) in [6, 6.07) is 4.66. The van der Waals surface area contributed by atoms with E-state index in [1.165, 1.54) is 4.88 Å². The number of rotatable bonds is 4. The quantitative estimate of drug-likeness (QED) is 0.867. The van der Waals surface area contributed by atoms with Crippen LogP contribution in [0.25, 0.3) is 0 Å². The molecule has 0 N–H and O–H groups in total. The van der Waals surface area contributed by atoms with Gasteiger partial charge in [-0.2, -0.15) is 0 Å². The molecule has 90 valence electrons. The smallest absolute Gasteiger partial charge is 0.146 e. The largest absolute Gasteiger partial charge is 0.356 e. The molecule has 0 amide bonds. The molecule has 2 aromatic heterocycles. The molecule has 0 aliphatic rings. The lowest BCUT2D eigenvalue weighted by Crippen LogP contribution is -2.31. The van der Waals surface area contributed by atoms with Crippen LogP contribution >= 0.6 is 27.3 Å². The van der Waals surface area contributed by atoms with Gasteiger partial charge in [0.05, 0.1) is 4.47 Å². The monoisotopic (exact) mass is 311 g/mol. The van der Waals surface area contributed by atoms with Gasteiger partial charge in [-0.25, -0.2) is 9.97 Å². The molecule has 5 heteroatoms. The van der Waals surface area contributed by atoms with E-state index in [9.17, 15) is 0 Å². The highest BCUT2D eigenvalue weighted by atomic mass is 79.9. The number of aromatic nitrogens is 2. The molecule has 0 bridgehead atoms. The molecule has 1 unspecified atom stereocenters. The lowest BCUT2D eigenvalue weighted by Gasteiger charge is -2.26. The highest BCUT2D eigenvalue weighted by molar-refractivity contribution is 9.10. The Hall–Kier alpha value is -0.940. The van der Waals surface area contributed by atoms with Gasteiger partial charge in [-0.1, -0.05) is 6.07 Å². The van der Waals surface area contributed by atoms with E-state index in [0.29, 0.717) is 6.04 Å². The molecule has 2 aromatic rings. The Kier molecular flexibility index (Phi) is 4.12. The number of nitrogens with zero attached hydrogens (tertiary/aromatic N) is 3. The molecule has 17 heavy (non-hydrogen) atoms.